The monoisotopic (exact) mass is 379 g/mol. The Labute approximate surface area is 142 Å². The molecule has 1 aromatic heterocycles. The number of carboxylic acid groups (broad SMARTS) is 1. The Morgan fingerprint density at radius 1 is 1.39 bits per heavy atom. The van der Waals surface area contributed by atoms with Crippen molar-refractivity contribution in [1.82, 2.24) is 4.98 Å². The zero-order chi connectivity index (χ0) is 17.4. The topological polar surface area (TPSA) is 76.5 Å². The van der Waals surface area contributed by atoms with E-state index in [0.717, 1.165) is 10.9 Å². The normalized spacial score (nSPS) is 13.1. The Bertz CT molecular complexity index is 780. The van der Waals surface area contributed by atoms with Crippen LogP contribution in [0, 0.1) is 6.92 Å². The van der Waals surface area contributed by atoms with Crippen LogP contribution < -0.4 is 0 Å². The smallest absolute Gasteiger partial charge is 0.337 e. The predicted molar refractivity (Wildman–Crippen MR) is 90.8 cm³/mol. The van der Waals surface area contributed by atoms with Gasteiger partial charge in [-0.3, -0.25) is 4.79 Å². The lowest BCUT2D eigenvalue weighted by Crippen LogP contribution is -2.28. The average Bonchev–Trinajstić information content (AvgIpc) is 2.44. The molecule has 1 aromatic carbocycles. The van der Waals surface area contributed by atoms with Gasteiger partial charge in [-0.2, -0.15) is 0 Å². The molecule has 1 unspecified atom stereocenters. The van der Waals surface area contributed by atoms with Crippen molar-refractivity contribution in [2.45, 2.75) is 39.4 Å². The highest BCUT2D eigenvalue weighted by atomic mass is 79.9. The van der Waals surface area contributed by atoms with Gasteiger partial charge in [-0.15, -0.1) is 0 Å². The zero-order valence-electron chi connectivity index (χ0n) is 13.4. The van der Waals surface area contributed by atoms with E-state index in [1.807, 2.05) is 20.8 Å². The van der Waals surface area contributed by atoms with Crippen molar-refractivity contribution in [3.05, 3.63) is 39.5 Å². The van der Waals surface area contributed by atoms with Gasteiger partial charge in [0.05, 0.1) is 11.1 Å². The maximum absolute atomic E-state index is 11.7. The molecule has 0 fully saturated rings. The van der Waals surface area contributed by atoms with E-state index >= 15 is 0 Å². The third-order valence-electron chi connectivity index (χ3n) is 3.28. The van der Waals surface area contributed by atoms with Gasteiger partial charge in [-0.25, -0.2) is 9.78 Å². The highest BCUT2D eigenvalue weighted by Gasteiger charge is 2.30. The van der Waals surface area contributed by atoms with Crippen molar-refractivity contribution in [2.24, 2.45) is 0 Å². The molecule has 2 rings (SSSR count). The molecule has 5 nitrogen and oxygen atoms in total. The van der Waals surface area contributed by atoms with E-state index in [9.17, 15) is 14.7 Å². The number of nitrogens with zero attached hydrogens (tertiary/aromatic N) is 1. The SMILES string of the molecule is Cc1cc2nc(C=O)ccc2c(Br)c1C(OC(C)(C)C)C(=O)O. The second-order valence-electron chi connectivity index (χ2n) is 6.29. The molecule has 0 aliphatic heterocycles. The molecule has 0 aliphatic carbocycles. The van der Waals surface area contributed by atoms with Crippen LogP contribution in [-0.2, 0) is 9.53 Å². The van der Waals surface area contributed by atoms with Gasteiger partial charge < -0.3 is 9.84 Å². The first-order valence-electron chi connectivity index (χ1n) is 7.09. The number of benzene rings is 1. The summed E-state index contributed by atoms with van der Waals surface area (Å²) < 4.78 is 6.35. The van der Waals surface area contributed by atoms with Crippen LogP contribution in [0.25, 0.3) is 10.9 Å². The van der Waals surface area contributed by atoms with Gasteiger partial charge in [0.15, 0.2) is 12.4 Å². The maximum atomic E-state index is 11.7. The summed E-state index contributed by atoms with van der Waals surface area (Å²) in [5.74, 6) is -1.06. The fourth-order valence-corrected chi connectivity index (χ4v) is 3.22. The number of rotatable bonds is 4. The number of carbonyl (C=O) groups excluding carboxylic acids is 1. The van der Waals surface area contributed by atoms with Crippen LogP contribution in [0.3, 0.4) is 0 Å². The molecule has 23 heavy (non-hydrogen) atoms. The summed E-state index contributed by atoms with van der Waals surface area (Å²) in [5.41, 5.74) is 1.64. The minimum atomic E-state index is -1.10. The minimum Gasteiger partial charge on any atom is -0.479 e. The number of pyridine rings is 1. The third kappa shape index (κ3) is 3.76. The number of aliphatic carboxylic acids is 1. The highest BCUT2D eigenvalue weighted by molar-refractivity contribution is 9.10. The predicted octanol–water partition coefficient (Wildman–Crippen LogP) is 4.06. The lowest BCUT2D eigenvalue weighted by Gasteiger charge is -2.27. The number of fused-ring (bicyclic) bond motifs is 1. The van der Waals surface area contributed by atoms with Gasteiger partial charge in [0.1, 0.15) is 5.69 Å². The summed E-state index contributed by atoms with van der Waals surface area (Å²) >= 11 is 3.48. The number of ether oxygens (including phenoxy) is 1. The van der Waals surface area contributed by atoms with Crippen LogP contribution in [0.15, 0.2) is 22.7 Å². The highest BCUT2D eigenvalue weighted by Crippen LogP contribution is 2.37. The molecule has 2 aromatic rings. The Balaban J connectivity index is 2.68. The van der Waals surface area contributed by atoms with Crippen molar-refractivity contribution in [1.29, 1.82) is 0 Å². The number of halogens is 1. The fraction of sp³-hybridized carbons (Fsp3) is 0.353. The van der Waals surface area contributed by atoms with Gasteiger partial charge in [0.25, 0.3) is 0 Å². The molecule has 0 saturated carbocycles. The second-order valence-corrected chi connectivity index (χ2v) is 7.08. The Kier molecular flexibility index (Phi) is 4.87. The van der Waals surface area contributed by atoms with Crippen LogP contribution in [0.5, 0.6) is 0 Å². The molecule has 0 spiro atoms. The first-order chi connectivity index (χ1) is 10.6. The third-order valence-corrected chi connectivity index (χ3v) is 4.13. The number of aryl methyl sites for hydroxylation is 1. The largest absolute Gasteiger partial charge is 0.479 e. The van der Waals surface area contributed by atoms with Crippen molar-refractivity contribution >= 4 is 39.1 Å². The van der Waals surface area contributed by atoms with Gasteiger partial charge >= 0.3 is 5.97 Å². The summed E-state index contributed by atoms with van der Waals surface area (Å²) in [6, 6.07) is 5.11. The molecule has 6 heteroatoms. The molecule has 1 atom stereocenters. The first-order valence-corrected chi connectivity index (χ1v) is 7.89. The molecule has 0 radical (unpaired) electrons. The van der Waals surface area contributed by atoms with Gasteiger partial charge in [-0.1, -0.05) is 0 Å². The standard InChI is InChI=1S/C17H18BrNO4/c1-9-7-12-11(6-5-10(8-20)19-12)14(18)13(9)15(16(21)22)23-17(2,3)4/h5-8,15H,1-4H3,(H,21,22). The molecule has 1 N–H and O–H groups in total. The van der Waals surface area contributed by atoms with Gasteiger partial charge in [0, 0.05) is 15.4 Å². The van der Waals surface area contributed by atoms with E-state index in [1.165, 1.54) is 0 Å². The Morgan fingerprint density at radius 2 is 2.04 bits per heavy atom. The quantitative estimate of drug-likeness (QED) is 0.810. The molecule has 0 saturated heterocycles. The fourth-order valence-electron chi connectivity index (χ4n) is 2.36. The van der Waals surface area contributed by atoms with E-state index in [-0.39, 0.29) is 0 Å². The lowest BCUT2D eigenvalue weighted by atomic mass is 9.99. The lowest BCUT2D eigenvalue weighted by molar-refractivity contribution is -0.160. The molecular weight excluding hydrogens is 362 g/mol. The van der Waals surface area contributed by atoms with Crippen LogP contribution in [-0.4, -0.2) is 27.9 Å². The summed E-state index contributed by atoms with van der Waals surface area (Å²) in [7, 11) is 0. The first kappa shape index (κ1) is 17.6. The number of aldehydes is 1. The van der Waals surface area contributed by atoms with E-state index in [0.29, 0.717) is 27.5 Å². The van der Waals surface area contributed by atoms with Crippen LogP contribution in [0.1, 0.15) is 48.5 Å². The molecule has 1 heterocycles. The van der Waals surface area contributed by atoms with Crippen LogP contribution in [0.4, 0.5) is 0 Å². The van der Waals surface area contributed by atoms with E-state index in [1.54, 1.807) is 25.1 Å². The molecule has 0 amide bonds. The molecule has 122 valence electrons. The number of carboxylic acids is 1. The minimum absolute atomic E-state index is 0.331. The van der Waals surface area contributed by atoms with Crippen LogP contribution >= 0.6 is 15.9 Å². The summed E-state index contributed by atoms with van der Waals surface area (Å²) in [5, 5.41) is 10.3. The molecular formula is C17H18BrNO4. The number of carbonyl (C=O) groups is 2. The maximum Gasteiger partial charge on any atom is 0.337 e. The summed E-state index contributed by atoms with van der Waals surface area (Å²) in [4.78, 5) is 26.8. The summed E-state index contributed by atoms with van der Waals surface area (Å²) in [6.45, 7) is 7.23. The Hall–Kier alpha value is -1.79. The number of hydrogen-bond acceptors (Lipinski definition) is 4. The summed E-state index contributed by atoms with van der Waals surface area (Å²) in [6.07, 6.45) is -0.418. The van der Waals surface area contributed by atoms with Crippen molar-refractivity contribution in [3.8, 4) is 0 Å². The average molecular weight is 380 g/mol. The number of aromatic nitrogens is 1. The molecule has 0 aliphatic rings. The second kappa shape index (κ2) is 6.37. The van der Waals surface area contributed by atoms with Crippen molar-refractivity contribution in [3.63, 3.8) is 0 Å². The van der Waals surface area contributed by atoms with E-state index in [2.05, 4.69) is 20.9 Å². The van der Waals surface area contributed by atoms with E-state index < -0.39 is 17.7 Å². The van der Waals surface area contributed by atoms with Crippen molar-refractivity contribution < 1.29 is 19.4 Å². The van der Waals surface area contributed by atoms with Gasteiger partial charge in [0.2, 0.25) is 0 Å². The van der Waals surface area contributed by atoms with E-state index in [4.69, 9.17) is 4.74 Å². The number of hydrogen-bond donors (Lipinski definition) is 1. The Morgan fingerprint density at radius 3 is 2.57 bits per heavy atom. The molecule has 0 bridgehead atoms. The van der Waals surface area contributed by atoms with Gasteiger partial charge in [-0.05, 0) is 67.4 Å². The zero-order valence-corrected chi connectivity index (χ0v) is 15.0. The van der Waals surface area contributed by atoms with Crippen molar-refractivity contribution in [2.75, 3.05) is 0 Å². The van der Waals surface area contributed by atoms with Crippen LogP contribution in [0.2, 0.25) is 0 Å².